The van der Waals surface area contributed by atoms with Gasteiger partial charge in [-0.3, -0.25) is 4.79 Å². The van der Waals surface area contributed by atoms with Crippen LogP contribution in [0.25, 0.3) is 0 Å². The zero-order valence-electron chi connectivity index (χ0n) is 13.6. The number of aromatic amines is 4. The fourth-order valence-corrected chi connectivity index (χ4v) is 3.51. The van der Waals surface area contributed by atoms with E-state index in [0.29, 0.717) is 11.4 Å². The second kappa shape index (κ2) is 5.41. The van der Waals surface area contributed by atoms with E-state index in [1.54, 1.807) is 0 Å². The maximum Gasteiger partial charge on any atom is 0.225 e. The van der Waals surface area contributed by atoms with Crippen LogP contribution in [0.3, 0.4) is 0 Å². The Kier molecular flexibility index (Phi) is 3.06. The summed E-state index contributed by atoms with van der Waals surface area (Å²) in [6.07, 6.45) is 2.35. The number of nitrogens with one attached hydrogen (secondary N) is 4. The molecule has 0 atom stereocenters. The van der Waals surface area contributed by atoms with E-state index >= 15 is 0 Å². The van der Waals surface area contributed by atoms with E-state index in [1.807, 2.05) is 24.3 Å². The molecule has 5 heteroatoms. The van der Waals surface area contributed by atoms with Crippen molar-refractivity contribution in [1.29, 1.82) is 0 Å². The van der Waals surface area contributed by atoms with E-state index in [4.69, 9.17) is 0 Å². The van der Waals surface area contributed by atoms with E-state index in [0.717, 1.165) is 42.0 Å². The average molecular weight is 330 g/mol. The van der Waals surface area contributed by atoms with Crippen LogP contribution in [-0.2, 0) is 19.3 Å². The smallest absolute Gasteiger partial charge is 0.225 e. The quantitative estimate of drug-likeness (QED) is 0.345. The lowest BCUT2D eigenvalue weighted by Gasteiger charge is -2.00. The number of hydrogen-bond donors (Lipinski definition) is 4. The minimum Gasteiger partial charge on any atom is -0.362 e. The summed E-state index contributed by atoms with van der Waals surface area (Å²) in [5, 5.41) is 0. The first-order valence-electron chi connectivity index (χ1n) is 8.47. The molecule has 0 saturated heterocycles. The minimum absolute atomic E-state index is 0.0102. The zero-order chi connectivity index (χ0) is 16.8. The highest BCUT2D eigenvalue weighted by Gasteiger charge is 2.15. The molecule has 5 nitrogen and oxygen atoms in total. The van der Waals surface area contributed by atoms with E-state index in [9.17, 15) is 4.79 Å². The lowest BCUT2D eigenvalue weighted by molar-refractivity contribution is 0.103. The van der Waals surface area contributed by atoms with Gasteiger partial charge in [-0.1, -0.05) is 0 Å². The fraction of sp³-hybridized carbons (Fsp3) is 0.150. The lowest BCUT2D eigenvalue weighted by atomic mass is 10.2. The predicted molar refractivity (Wildman–Crippen MR) is 95.0 cm³/mol. The number of carbonyl (C=O) groups excluding carboxylic acids is 1. The maximum atomic E-state index is 12.7. The first-order valence-corrected chi connectivity index (χ1v) is 8.47. The van der Waals surface area contributed by atoms with E-state index in [1.165, 1.54) is 11.4 Å². The average Bonchev–Trinajstić information content (AvgIpc) is 3.36. The van der Waals surface area contributed by atoms with Gasteiger partial charge in [-0.05, 0) is 48.5 Å². The summed E-state index contributed by atoms with van der Waals surface area (Å²) in [7, 11) is 0. The summed E-state index contributed by atoms with van der Waals surface area (Å²) in [4.78, 5) is 26.1. The van der Waals surface area contributed by atoms with Crippen molar-refractivity contribution >= 4 is 5.78 Å². The SMILES string of the molecule is O=C1c2ccc([nH]2)Cc2ccc([nH]2)Cc2ccc([nH]2)Cc2ccc1[nH]2. The summed E-state index contributed by atoms with van der Waals surface area (Å²) in [5.74, 6) is -0.0102. The molecule has 0 unspecified atom stereocenters. The molecule has 124 valence electrons. The van der Waals surface area contributed by atoms with Gasteiger partial charge in [-0.15, -0.1) is 0 Å². The monoisotopic (exact) mass is 330 g/mol. The predicted octanol–water partition coefficient (Wildman–Crippen LogP) is 3.32. The van der Waals surface area contributed by atoms with Gasteiger partial charge in [-0.2, -0.15) is 0 Å². The number of carbonyl (C=O) groups is 1. The highest BCUT2D eigenvalue weighted by atomic mass is 16.1. The molecular weight excluding hydrogens is 312 g/mol. The van der Waals surface area contributed by atoms with Crippen molar-refractivity contribution in [1.82, 2.24) is 19.9 Å². The molecule has 0 aliphatic carbocycles. The first-order chi connectivity index (χ1) is 12.2. The molecule has 0 aromatic carbocycles. The molecule has 1 aliphatic heterocycles. The first kappa shape index (κ1) is 14.2. The molecular formula is C20H18N4O. The van der Waals surface area contributed by atoms with Crippen molar-refractivity contribution < 1.29 is 4.79 Å². The number of aromatic nitrogens is 4. The molecule has 0 amide bonds. The van der Waals surface area contributed by atoms with Gasteiger partial charge in [0.25, 0.3) is 0 Å². The highest BCUT2D eigenvalue weighted by Crippen LogP contribution is 2.17. The number of hydrogen-bond acceptors (Lipinski definition) is 1. The summed E-state index contributed by atoms with van der Waals surface area (Å²) in [6.45, 7) is 0. The summed E-state index contributed by atoms with van der Waals surface area (Å²) < 4.78 is 0. The van der Waals surface area contributed by atoms with Gasteiger partial charge < -0.3 is 19.9 Å². The molecule has 4 aromatic rings. The molecule has 0 saturated carbocycles. The molecule has 4 aromatic heterocycles. The molecule has 0 fully saturated rings. The molecule has 5 rings (SSSR count). The lowest BCUT2D eigenvalue weighted by Crippen LogP contribution is -2.03. The van der Waals surface area contributed by atoms with Crippen LogP contribution in [0.5, 0.6) is 0 Å². The van der Waals surface area contributed by atoms with Crippen molar-refractivity contribution in [2.24, 2.45) is 0 Å². The van der Waals surface area contributed by atoms with Crippen LogP contribution in [0, 0.1) is 0 Å². The van der Waals surface area contributed by atoms with Crippen LogP contribution in [-0.4, -0.2) is 25.7 Å². The molecule has 5 heterocycles. The van der Waals surface area contributed by atoms with Crippen LogP contribution in [0.2, 0.25) is 0 Å². The van der Waals surface area contributed by atoms with Crippen LogP contribution in [0.4, 0.5) is 0 Å². The van der Waals surface area contributed by atoms with Crippen molar-refractivity contribution in [3.8, 4) is 0 Å². The van der Waals surface area contributed by atoms with Gasteiger partial charge in [0.1, 0.15) is 0 Å². The van der Waals surface area contributed by atoms with Crippen LogP contribution < -0.4 is 0 Å². The molecule has 1 aliphatic rings. The molecule has 25 heavy (non-hydrogen) atoms. The third-order valence-electron chi connectivity index (χ3n) is 4.74. The Morgan fingerprint density at radius 2 is 0.800 bits per heavy atom. The Balaban J connectivity index is 1.58. The topological polar surface area (TPSA) is 80.2 Å². The zero-order valence-corrected chi connectivity index (χ0v) is 13.6. The number of H-pyrrole nitrogens is 4. The van der Waals surface area contributed by atoms with Crippen molar-refractivity contribution in [3.63, 3.8) is 0 Å². The Bertz CT molecular complexity index is 977. The molecule has 8 bridgehead atoms. The molecule has 4 N–H and O–H groups in total. The van der Waals surface area contributed by atoms with Gasteiger partial charge in [0, 0.05) is 53.4 Å². The normalized spacial score (nSPS) is 14.0. The Morgan fingerprint density at radius 3 is 1.20 bits per heavy atom. The second-order valence-electron chi connectivity index (χ2n) is 6.67. The van der Waals surface area contributed by atoms with Crippen molar-refractivity contribution in [2.45, 2.75) is 19.3 Å². The second-order valence-corrected chi connectivity index (χ2v) is 6.67. The molecule has 0 radical (unpaired) electrons. The van der Waals surface area contributed by atoms with Gasteiger partial charge in [0.05, 0.1) is 11.4 Å². The third kappa shape index (κ3) is 2.63. The largest absolute Gasteiger partial charge is 0.362 e. The van der Waals surface area contributed by atoms with E-state index in [-0.39, 0.29) is 5.78 Å². The van der Waals surface area contributed by atoms with Crippen LogP contribution >= 0.6 is 0 Å². The third-order valence-corrected chi connectivity index (χ3v) is 4.74. The number of fused-ring (bicyclic) bond motifs is 8. The standard InChI is InChI=1S/C20H18N4O/c25-20-18-7-5-16(23-18)10-14-3-1-12(21-14)9-13-2-4-15(22-13)11-17-6-8-19(20)24-17/h1-8,21-24H,9-11H2. The van der Waals surface area contributed by atoms with E-state index in [2.05, 4.69) is 44.2 Å². The maximum absolute atomic E-state index is 12.7. The van der Waals surface area contributed by atoms with Crippen molar-refractivity contribution in [3.05, 3.63) is 94.1 Å². The fourth-order valence-electron chi connectivity index (χ4n) is 3.51. The summed E-state index contributed by atoms with van der Waals surface area (Å²) >= 11 is 0. The number of rotatable bonds is 0. The molecule has 0 spiro atoms. The van der Waals surface area contributed by atoms with Gasteiger partial charge in [0.2, 0.25) is 5.78 Å². The van der Waals surface area contributed by atoms with Gasteiger partial charge >= 0.3 is 0 Å². The minimum atomic E-state index is -0.0102. The Hall–Kier alpha value is -3.21. The van der Waals surface area contributed by atoms with Crippen molar-refractivity contribution in [2.75, 3.05) is 0 Å². The van der Waals surface area contributed by atoms with Crippen LogP contribution in [0.1, 0.15) is 50.3 Å². The summed E-state index contributed by atoms with van der Waals surface area (Å²) in [5.41, 5.74) is 7.92. The highest BCUT2D eigenvalue weighted by molar-refractivity contribution is 6.06. The van der Waals surface area contributed by atoms with Gasteiger partial charge in [-0.25, -0.2) is 0 Å². The van der Waals surface area contributed by atoms with E-state index < -0.39 is 0 Å². The Morgan fingerprint density at radius 1 is 0.480 bits per heavy atom. The Labute approximate surface area is 144 Å². The number of ketones is 1. The van der Waals surface area contributed by atoms with Gasteiger partial charge in [0.15, 0.2) is 0 Å². The van der Waals surface area contributed by atoms with Crippen LogP contribution in [0.15, 0.2) is 48.5 Å². The summed E-state index contributed by atoms with van der Waals surface area (Å²) in [6, 6.07) is 16.1.